The van der Waals surface area contributed by atoms with Gasteiger partial charge in [-0.15, -0.1) is 5.10 Å². The molecule has 0 N–H and O–H groups in total. The zero-order valence-electron chi connectivity index (χ0n) is 16.4. The Morgan fingerprint density at radius 3 is 2.31 bits per heavy atom. The first-order valence-corrected chi connectivity index (χ1v) is 10.6. The lowest BCUT2D eigenvalue weighted by atomic mass is 9.48. The molecule has 29 heavy (non-hydrogen) atoms. The van der Waals surface area contributed by atoms with Crippen molar-refractivity contribution in [2.45, 2.75) is 51.0 Å². The van der Waals surface area contributed by atoms with Crippen molar-refractivity contribution in [2.75, 3.05) is 6.61 Å². The maximum Gasteiger partial charge on any atom is 0.331 e. The average molecular weight is 394 g/mol. The van der Waals surface area contributed by atoms with Gasteiger partial charge in [-0.1, -0.05) is 30.3 Å². The van der Waals surface area contributed by atoms with E-state index < -0.39 is 12.0 Å². The molecule has 4 bridgehead atoms. The number of benzene rings is 1. The Hall–Kier alpha value is -2.57. The van der Waals surface area contributed by atoms with Gasteiger partial charge in [-0.2, -0.15) is 0 Å². The highest BCUT2D eigenvalue weighted by molar-refractivity contribution is 5.88. The molecule has 7 nitrogen and oxygen atoms in total. The summed E-state index contributed by atoms with van der Waals surface area (Å²) in [7, 11) is 0. The number of rotatable bonds is 7. The first-order chi connectivity index (χ1) is 14.1. The molecular weight excluding hydrogens is 368 g/mol. The van der Waals surface area contributed by atoms with Crippen LogP contribution in [0.5, 0.6) is 0 Å². The number of carbonyl (C=O) groups excluding carboxylic acids is 2. The number of Topliss-reactive ketones (excluding diaryl/α,β-unsaturated/α-hetero) is 1. The molecule has 0 aliphatic heterocycles. The molecule has 4 aliphatic rings. The van der Waals surface area contributed by atoms with Crippen molar-refractivity contribution in [3.05, 3.63) is 42.2 Å². The molecule has 4 aliphatic carbocycles. The lowest BCUT2D eigenvalue weighted by Gasteiger charge is -2.55. The first-order valence-electron chi connectivity index (χ1n) is 10.6. The summed E-state index contributed by atoms with van der Waals surface area (Å²) < 4.78 is 6.95. The average Bonchev–Trinajstić information content (AvgIpc) is 3.24. The summed E-state index contributed by atoms with van der Waals surface area (Å²) in [5.41, 5.74) is 0.732. The predicted octanol–water partition coefficient (Wildman–Crippen LogP) is 2.79. The fourth-order valence-corrected chi connectivity index (χ4v) is 6.27. The number of tetrazole rings is 1. The molecule has 2 aromatic rings. The molecule has 7 heteroatoms. The third-order valence-corrected chi connectivity index (χ3v) is 7.20. The maximum atomic E-state index is 13.1. The van der Waals surface area contributed by atoms with Crippen LogP contribution in [0, 0.1) is 23.2 Å². The van der Waals surface area contributed by atoms with Gasteiger partial charge in [-0.05, 0) is 72.3 Å². The van der Waals surface area contributed by atoms with Gasteiger partial charge in [0, 0.05) is 11.8 Å². The van der Waals surface area contributed by atoms with Crippen LogP contribution in [0.1, 0.15) is 50.1 Å². The molecule has 0 unspecified atom stereocenters. The van der Waals surface area contributed by atoms with E-state index in [9.17, 15) is 9.59 Å². The Balaban J connectivity index is 1.26. The number of hydrogen-bond donors (Lipinski definition) is 0. The van der Waals surface area contributed by atoms with Crippen LogP contribution in [-0.4, -0.2) is 38.6 Å². The lowest BCUT2D eigenvalue weighted by molar-refractivity contribution is -0.160. The molecule has 0 radical (unpaired) electrons. The van der Waals surface area contributed by atoms with Crippen molar-refractivity contribution in [1.82, 2.24) is 20.2 Å². The summed E-state index contributed by atoms with van der Waals surface area (Å²) in [5, 5.41) is 11.2. The first kappa shape index (κ1) is 18.5. The van der Waals surface area contributed by atoms with E-state index in [0.29, 0.717) is 24.2 Å². The Morgan fingerprint density at radius 2 is 1.72 bits per heavy atom. The van der Waals surface area contributed by atoms with Gasteiger partial charge in [-0.3, -0.25) is 4.79 Å². The summed E-state index contributed by atoms with van der Waals surface area (Å²) in [4.78, 5) is 26.0. The molecule has 1 heterocycles. The van der Waals surface area contributed by atoms with Crippen LogP contribution in [-0.2, 0) is 20.7 Å². The van der Waals surface area contributed by atoms with Crippen LogP contribution in [0.4, 0.5) is 0 Å². The quantitative estimate of drug-likeness (QED) is 0.671. The second kappa shape index (κ2) is 7.35. The standard InChI is InChI=1S/C22H26N4O3/c27-20(22-10-16-6-17(11-22)8-18(7-16)12-22)13-29-21(28)19(26-14-23-24-25-26)9-15-4-2-1-3-5-15/h1-5,14,16-19H,6-13H2/t16?,17?,18?,19-,22?/m0/s1. The topological polar surface area (TPSA) is 87.0 Å². The number of hydrogen-bond acceptors (Lipinski definition) is 6. The van der Waals surface area contributed by atoms with Gasteiger partial charge in [0.15, 0.2) is 18.4 Å². The molecule has 1 aromatic carbocycles. The summed E-state index contributed by atoms with van der Waals surface area (Å²) in [6.07, 6.45) is 8.62. The van der Waals surface area contributed by atoms with E-state index in [1.807, 2.05) is 30.3 Å². The highest BCUT2D eigenvalue weighted by Crippen LogP contribution is 2.60. The molecule has 0 spiro atoms. The minimum absolute atomic E-state index is 0.111. The van der Waals surface area contributed by atoms with Crippen LogP contribution in [0.15, 0.2) is 36.7 Å². The van der Waals surface area contributed by atoms with E-state index in [1.54, 1.807) is 0 Å². The summed E-state index contributed by atoms with van der Waals surface area (Å²) in [6.45, 7) is -0.140. The molecule has 4 fully saturated rings. The molecule has 6 rings (SSSR count). The second-order valence-electron chi connectivity index (χ2n) is 9.22. The van der Waals surface area contributed by atoms with Crippen molar-refractivity contribution >= 4 is 11.8 Å². The van der Waals surface area contributed by atoms with E-state index in [-0.39, 0.29) is 17.8 Å². The number of nitrogens with zero attached hydrogens (tertiary/aromatic N) is 4. The number of ketones is 1. The fourth-order valence-electron chi connectivity index (χ4n) is 6.27. The Labute approximate surface area is 169 Å². The third-order valence-electron chi connectivity index (χ3n) is 7.20. The number of aromatic nitrogens is 4. The normalized spacial score (nSPS) is 30.8. The summed E-state index contributed by atoms with van der Waals surface area (Å²) in [5.74, 6) is 1.72. The van der Waals surface area contributed by atoms with Gasteiger partial charge in [0.2, 0.25) is 0 Å². The van der Waals surface area contributed by atoms with Gasteiger partial charge in [0.1, 0.15) is 6.33 Å². The van der Waals surface area contributed by atoms with Crippen molar-refractivity contribution in [2.24, 2.45) is 23.2 Å². The van der Waals surface area contributed by atoms with Crippen LogP contribution in [0.25, 0.3) is 0 Å². The molecule has 4 saturated carbocycles. The number of esters is 1. The fraction of sp³-hybridized carbons (Fsp3) is 0.591. The van der Waals surface area contributed by atoms with E-state index >= 15 is 0 Å². The number of ether oxygens (including phenoxy) is 1. The molecular formula is C22H26N4O3. The van der Waals surface area contributed by atoms with Gasteiger partial charge in [0.25, 0.3) is 0 Å². The smallest absolute Gasteiger partial charge is 0.331 e. The molecule has 0 amide bonds. The van der Waals surface area contributed by atoms with E-state index in [2.05, 4.69) is 15.5 Å². The predicted molar refractivity (Wildman–Crippen MR) is 104 cm³/mol. The molecule has 1 atom stereocenters. The summed E-state index contributed by atoms with van der Waals surface area (Å²) >= 11 is 0. The van der Waals surface area contributed by atoms with Crippen molar-refractivity contribution in [1.29, 1.82) is 0 Å². The van der Waals surface area contributed by atoms with Crippen LogP contribution in [0.2, 0.25) is 0 Å². The van der Waals surface area contributed by atoms with E-state index in [1.165, 1.54) is 30.3 Å². The highest BCUT2D eigenvalue weighted by Gasteiger charge is 2.54. The van der Waals surface area contributed by atoms with Crippen LogP contribution >= 0.6 is 0 Å². The van der Waals surface area contributed by atoms with Gasteiger partial charge in [-0.25, -0.2) is 9.48 Å². The SMILES string of the molecule is O=C(OCC(=O)C12CC3CC(CC(C3)C1)C2)[C@H](Cc1ccccc1)n1cnnn1. The third kappa shape index (κ3) is 3.58. The zero-order chi connectivity index (χ0) is 19.8. The minimum atomic E-state index is -0.684. The lowest BCUT2D eigenvalue weighted by Crippen LogP contribution is -2.51. The van der Waals surface area contributed by atoms with E-state index in [4.69, 9.17) is 4.74 Å². The van der Waals surface area contributed by atoms with Crippen molar-refractivity contribution < 1.29 is 14.3 Å². The van der Waals surface area contributed by atoms with E-state index in [0.717, 1.165) is 24.8 Å². The maximum absolute atomic E-state index is 13.1. The zero-order valence-corrected chi connectivity index (χ0v) is 16.4. The highest BCUT2D eigenvalue weighted by atomic mass is 16.5. The van der Waals surface area contributed by atoms with Crippen LogP contribution < -0.4 is 0 Å². The monoisotopic (exact) mass is 394 g/mol. The largest absolute Gasteiger partial charge is 0.456 e. The Bertz CT molecular complexity index is 845. The molecule has 152 valence electrons. The Kier molecular flexibility index (Phi) is 4.68. The van der Waals surface area contributed by atoms with Gasteiger partial charge in [0.05, 0.1) is 0 Å². The van der Waals surface area contributed by atoms with Gasteiger partial charge < -0.3 is 4.74 Å². The number of carbonyl (C=O) groups is 2. The summed E-state index contributed by atoms with van der Waals surface area (Å²) in [6, 6.07) is 8.99. The van der Waals surface area contributed by atoms with Crippen molar-refractivity contribution in [3.63, 3.8) is 0 Å². The molecule has 1 aromatic heterocycles. The van der Waals surface area contributed by atoms with Gasteiger partial charge >= 0.3 is 5.97 Å². The second-order valence-corrected chi connectivity index (χ2v) is 9.22. The Morgan fingerprint density at radius 1 is 1.07 bits per heavy atom. The van der Waals surface area contributed by atoms with Crippen LogP contribution in [0.3, 0.4) is 0 Å². The minimum Gasteiger partial charge on any atom is -0.456 e. The molecule has 0 saturated heterocycles. The van der Waals surface area contributed by atoms with Crippen molar-refractivity contribution in [3.8, 4) is 0 Å².